The van der Waals surface area contributed by atoms with Crippen LogP contribution in [-0.2, 0) is 7.05 Å². The van der Waals surface area contributed by atoms with Crippen LogP contribution in [0.5, 0.6) is 0 Å². The minimum atomic E-state index is 0.851. The molecule has 0 bridgehead atoms. The Balaban J connectivity index is 2.72. The molecule has 64 valence electrons. The number of thiocarbonyl (C=S) groups is 1. The Bertz CT molecular complexity index is 493. The van der Waals surface area contributed by atoms with Crippen molar-refractivity contribution in [2.45, 2.75) is 0 Å². The van der Waals surface area contributed by atoms with Crippen molar-refractivity contribution in [1.82, 2.24) is 4.57 Å². The van der Waals surface area contributed by atoms with Gasteiger partial charge in [-0.1, -0.05) is 6.07 Å². The zero-order valence-corrected chi connectivity index (χ0v) is 8.01. The molecule has 1 aromatic carbocycles. The van der Waals surface area contributed by atoms with Crippen molar-refractivity contribution in [3.8, 4) is 0 Å². The zero-order chi connectivity index (χ0) is 9.26. The molecule has 1 aromatic heterocycles. The Labute approximate surface area is 81.5 Å². The summed E-state index contributed by atoms with van der Waals surface area (Å²) in [5.74, 6) is 0. The van der Waals surface area contributed by atoms with E-state index in [1.807, 2.05) is 31.4 Å². The van der Waals surface area contributed by atoms with E-state index in [2.05, 4.69) is 33.0 Å². The first-order chi connectivity index (χ1) is 6.31. The summed E-state index contributed by atoms with van der Waals surface area (Å²) in [5, 5.41) is 3.57. The molecule has 2 aromatic rings. The van der Waals surface area contributed by atoms with Crippen LogP contribution in [0.2, 0.25) is 0 Å². The van der Waals surface area contributed by atoms with E-state index in [-0.39, 0.29) is 0 Å². The van der Waals surface area contributed by atoms with Gasteiger partial charge in [0.2, 0.25) is 0 Å². The Morgan fingerprint density at radius 1 is 1.38 bits per heavy atom. The van der Waals surface area contributed by atoms with E-state index in [0.717, 1.165) is 11.2 Å². The lowest BCUT2D eigenvalue weighted by molar-refractivity contribution is 0.969. The summed E-state index contributed by atoms with van der Waals surface area (Å²) in [5.41, 5.74) is 2.01. The lowest BCUT2D eigenvalue weighted by Crippen LogP contribution is -1.82. The van der Waals surface area contributed by atoms with Crippen LogP contribution >= 0.6 is 12.2 Å². The summed E-state index contributed by atoms with van der Waals surface area (Å²) < 4.78 is 2.05. The van der Waals surface area contributed by atoms with Crippen molar-refractivity contribution in [1.29, 1.82) is 0 Å². The third-order valence-corrected chi connectivity index (χ3v) is 2.14. The largest absolute Gasteiger partial charge is 0.350 e. The molecule has 0 fully saturated rings. The van der Waals surface area contributed by atoms with Gasteiger partial charge in [0.05, 0.1) is 10.8 Å². The maximum atomic E-state index is 4.55. The fraction of sp³-hybridized carbons (Fsp3) is 0.100. The van der Waals surface area contributed by atoms with Crippen molar-refractivity contribution >= 4 is 34.0 Å². The maximum absolute atomic E-state index is 4.55. The summed E-state index contributed by atoms with van der Waals surface area (Å²) in [6.07, 6.45) is 2.02. The molecule has 0 radical (unpaired) electrons. The van der Waals surface area contributed by atoms with Gasteiger partial charge in [-0.2, -0.15) is 4.99 Å². The number of fused-ring (bicyclic) bond motifs is 1. The predicted molar refractivity (Wildman–Crippen MR) is 57.6 cm³/mol. The molecular formula is C10H8N2S. The van der Waals surface area contributed by atoms with Crippen LogP contribution in [0.4, 0.5) is 5.69 Å². The summed E-state index contributed by atoms with van der Waals surface area (Å²) in [6.45, 7) is 0. The Hall–Kier alpha value is -1.44. The van der Waals surface area contributed by atoms with Crippen LogP contribution in [0, 0.1) is 0 Å². The lowest BCUT2D eigenvalue weighted by atomic mass is 10.2. The Kier molecular flexibility index (Phi) is 1.97. The SMILES string of the molecule is Cn1ccc2ccc(N=C=S)cc21. The van der Waals surface area contributed by atoms with Crippen molar-refractivity contribution in [3.05, 3.63) is 30.5 Å². The first-order valence-electron chi connectivity index (χ1n) is 3.94. The van der Waals surface area contributed by atoms with Gasteiger partial charge in [0, 0.05) is 18.8 Å². The van der Waals surface area contributed by atoms with Gasteiger partial charge in [-0.15, -0.1) is 0 Å². The minimum Gasteiger partial charge on any atom is -0.350 e. The first-order valence-corrected chi connectivity index (χ1v) is 4.35. The molecule has 0 saturated heterocycles. The molecule has 0 saturated carbocycles. The van der Waals surface area contributed by atoms with E-state index in [1.165, 1.54) is 5.39 Å². The fourth-order valence-electron chi connectivity index (χ4n) is 1.37. The van der Waals surface area contributed by atoms with Crippen molar-refractivity contribution in [2.24, 2.45) is 12.0 Å². The van der Waals surface area contributed by atoms with Crippen LogP contribution in [-0.4, -0.2) is 9.73 Å². The average molecular weight is 188 g/mol. The van der Waals surface area contributed by atoms with E-state index in [0.29, 0.717) is 0 Å². The third-order valence-electron chi connectivity index (χ3n) is 2.05. The molecule has 0 aliphatic carbocycles. The molecule has 0 spiro atoms. The topological polar surface area (TPSA) is 17.3 Å². The number of aromatic nitrogens is 1. The number of aliphatic imine (C=N–C) groups is 1. The molecule has 0 amide bonds. The van der Waals surface area contributed by atoms with E-state index < -0.39 is 0 Å². The average Bonchev–Trinajstić information content (AvgIpc) is 2.49. The highest BCUT2D eigenvalue weighted by Crippen LogP contribution is 2.20. The number of benzene rings is 1. The summed E-state index contributed by atoms with van der Waals surface area (Å²) in [4.78, 5) is 3.93. The quantitative estimate of drug-likeness (QED) is 0.497. The molecule has 13 heavy (non-hydrogen) atoms. The molecule has 0 atom stereocenters. The molecule has 3 heteroatoms. The Morgan fingerprint density at radius 3 is 3.00 bits per heavy atom. The van der Waals surface area contributed by atoms with E-state index in [4.69, 9.17) is 0 Å². The molecule has 2 rings (SSSR count). The number of nitrogens with zero attached hydrogens (tertiary/aromatic N) is 2. The second-order valence-corrected chi connectivity index (χ2v) is 3.06. The second kappa shape index (κ2) is 3.13. The molecule has 0 aliphatic rings. The molecule has 1 heterocycles. The highest BCUT2D eigenvalue weighted by atomic mass is 32.1. The lowest BCUT2D eigenvalue weighted by Gasteiger charge is -1.96. The molecule has 0 unspecified atom stereocenters. The van der Waals surface area contributed by atoms with Crippen LogP contribution in [0.3, 0.4) is 0 Å². The van der Waals surface area contributed by atoms with E-state index >= 15 is 0 Å². The van der Waals surface area contributed by atoms with Crippen molar-refractivity contribution in [3.63, 3.8) is 0 Å². The molecular weight excluding hydrogens is 180 g/mol. The summed E-state index contributed by atoms with van der Waals surface area (Å²) >= 11 is 4.55. The van der Waals surface area contributed by atoms with Gasteiger partial charge in [-0.25, -0.2) is 0 Å². The molecule has 2 nitrogen and oxygen atoms in total. The zero-order valence-electron chi connectivity index (χ0n) is 7.19. The van der Waals surface area contributed by atoms with Crippen LogP contribution in [0.25, 0.3) is 10.9 Å². The predicted octanol–water partition coefficient (Wildman–Crippen LogP) is 2.91. The van der Waals surface area contributed by atoms with E-state index in [9.17, 15) is 0 Å². The normalized spacial score (nSPS) is 9.92. The molecule has 0 aliphatic heterocycles. The van der Waals surface area contributed by atoms with Crippen molar-refractivity contribution in [2.75, 3.05) is 0 Å². The summed E-state index contributed by atoms with van der Waals surface area (Å²) in [7, 11) is 2.01. The first kappa shape index (κ1) is 8.17. The highest BCUT2D eigenvalue weighted by Gasteiger charge is 1.97. The smallest absolute Gasteiger partial charge is 0.0760 e. The fourth-order valence-corrected chi connectivity index (χ4v) is 1.48. The Morgan fingerprint density at radius 2 is 2.23 bits per heavy atom. The van der Waals surface area contributed by atoms with Gasteiger partial charge in [-0.3, -0.25) is 0 Å². The third kappa shape index (κ3) is 1.39. The van der Waals surface area contributed by atoms with Crippen LogP contribution in [0.15, 0.2) is 35.5 Å². The standard InChI is InChI=1S/C10H8N2S/c1-12-5-4-8-2-3-9(11-7-13)6-10(8)12/h2-6H,1H3. The van der Waals surface area contributed by atoms with Gasteiger partial charge < -0.3 is 4.57 Å². The van der Waals surface area contributed by atoms with Gasteiger partial charge >= 0.3 is 0 Å². The highest BCUT2D eigenvalue weighted by molar-refractivity contribution is 7.78. The maximum Gasteiger partial charge on any atom is 0.0760 e. The van der Waals surface area contributed by atoms with Gasteiger partial charge in [0.15, 0.2) is 0 Å². The van der Waals surface area contributed by atoms with Crippen molar-refractivity contribution < 1.29 is 0 Å². The summed E-state index contributed by atoms with van der Waals surface area (Å²) in [6, 6.07) is 8.03. The van der Waals surface area contributed by atoms with Crippen LogP contribution < -0.4 is 0 Å². The second-order valence-electron chi connectivity index (χ2n) is 2.87. The van der Waals surface area contributed by atoms with Gasteiger partial charge in [0.25, 0.3) is 0 Å². The monoisotopic (exact) mass is 188 g/mol. The van der Waals surface area contributed by atoms with Crippen LogP contribution in [0.1, 0.15) is 0 Å². The number of aryl methyl sites for hydroxylation is 1. The number of hydrogen-bond donors (Lipinski definition) is 0. The van der Waals surface area contributed by atoms with Gasteiger partial charge in [0.1, 0.15) is 0 Å². The minimum absolute atomic E-state index is 0.851. The molecule has 0 N–H and O–H groups in total. The number of hydrogen-bond acceptors (Lipinski definition) is 2. The number of rotatable bonds is 1. The van der Waals surface area contributed by atoms with Gasteiger partial charge in [-0.05, 0) is 35.8 Å². The number of isothiocyanates is 1. The van der Waals surface area contributed by atoms with E-state index in [1.54, 1.807) is 0 Å².